The monoisotopic (exact) mass is 571 g/mol. The maximum Gasteiger partial charge on any atom is 0.271 e. The average Bonchev–Trinajstić information content (AvgIpc) is 2.91. The zero-order chi connectivity index (χ0) is 27.2. The fourth-order valence-corrected chi connectivity index (χ4v) is 4.47. The lowest BCUT2D eigenvalue weighted by Gasteiger charge is -2.15. The number of fused-ring (bicyclic) bond motifs is 1. The van der Waals surface area contributed by atoms with Gasteiger partial charge in [0.25, 0.3) is 11.6 Å². The summed E-state index contributed by atoms with van der Waals surface area (Å²) in [6.07, 6.45) is 1.41. The molecule has 0 bridgehead atoms. The van der Waals surface area contributed by atoms with Crippen molar-refractivity contribution < 1.29 is 19.2 Å². The molecule has 4 aromatic rings. The molecule has 4 aromatic carbocycles. The number of hydrogen-bond donors (Lipinski definition) is 1. The molecular formula is C29H22BrN3O5. The van der Waals surface area contributed by atoms with Gasteiger partial charge in [-0.2, -0.15) is 5.26 Å². The molecule has 0 heterocycles. The third kappa shape index (κ3) is 5.82. The number of benzene rings is 4. The Kier molecular flexibility index (Phi) is 8.04. The van der Waals surface area contributed by atoms with E-state index in [2.05, 4.69) is 21.2 Å². The molecule has 0 saturated heterocycles. The molecule has 1 amide bonds. The second kappa shape index (κ2) is 11.6. The number of nitriles is 1. The van der Waals surface area contributed by atoms with E-state index in [0.29, 0.717) is 33.7 Å². The Morgan fingerprint density at radius 1 is 1.13 bits per heavy atom. The summed E-state index contributed by atoms with van der Waals surface area (Å²) in [5.41, 5.74) is 2.06. The number of aryl methyl sites for hydroxylation is 1. The lowest BCUT2D eigenvalue weighted by molar-refractivity contribution is -0.384. The van der Waals surface area contributed by atoms with E-state index >= 15 is 0 Å². The molecule has 0 aliphatic carbocycles. The van der Waals surface area contributed by atoms with E-state index in [9.17, 15) is 20.2 Å². The maximum atomic E-state index is 12.8. The molecule has 0 fully saturated rings. The predicted molar refractivity (Wildman–Crippen MR) is 149 cm³/mol. The van der Waals surface area contributed by atoms with Crippen LogP contribution in [0.15, 0.2) is 82.8 Å². The van der Waals surface area contributed by atoms with E-state index in [1.165, 1.54) is 31.4 Å². The van der Waals surface area contributed by atoms with Gasteiger partial charge in [-0.05, 0) is 68.5 Å². The summed E-state index contributed by atoms with van der Waals surface area (Å²) in [6, 6.07) is 23.5. The van der Waals surface area contributed by atoms with Crippen LogP contribution in [0.1, 0.15) is 16.7 Å². The Labute approximate surface area is 227 Å². The topological polar surface area (TPSA) is 114 Å². The Balaban J connectivity index is 1.58. The minimum Gasteiger partial charge on any atom is -0.493 e. The Bertz CT molecular complexity index is 1620. The third-order valence-electron chi connectivity index (χ3n) is 5.86. The molecule has 0 radical (unpaired) electrons. The molecule has 0 unspecified atom stereocenters. The lowest BCUT2D eigenvalue weighted by Crippen LogP contribution is -2.14. The molecule has 1 N–H and O–H groups in total. The standard InChI is InChI=1S/C29H22BrN3O5/c1-18-10-11-23(33(35)36)15-26(18)32-29(34)22(16-31)12-19-13-25(30)28(27(14-19)37-2)38-17-21-8-5-7-20-6-3-4-9-24(20)21/h3-15H,17H2,1-2H3,(H,32,34)/b22-12+. The first kappa shape index (κ1) is 26.4. The van der Waals surface area contributed by atoms with Crippen molar-refractivity contribution >= 4 is 50.1 Å². The van der Waals surface area contributed by atoms with Gasteiger partial charge in [0.05, 0.1) is 22.2 Å². The quantitative estimate of drug-likeness (QED) is 0.106. The predicted octanol–water partition coefficient (Wildman–Crippen LogP) is 6.95. The van der Waals surface area contributed by atoms with Crippen LogP contribution in [0, 0.1) is 28.4 Å². The van der Waals surface area contributed by atoms with Gasteiger partial charge in [-0.1, -0.05) is 48.5 Å². The summed E-state index contributed by atoms with van der Waals surface area (Å²) in [5, 5.41) is 25.5. The average molecular weight is 572 g/mol. The third-order valence-corrected chi connectivity index (χ3v) is 6.45. The SMILES string of the molecule is COc1cc(/C=C(\C#N)C(=O)Nc2cc([N+](=O)[O-])ccc2C)cc(Br)c1OCc1cccc2ccccc12. The van der Waals surface area contributed by atoms with Crippen molar-refractivity contribution in [2.24, 2.45) is 0 Å². The van der Waals surface area contributed by atoms with Gasteiger partial charge in [0.2, 0.25) is 0 Å². The van der Waals surface area contributed by atoms with Crippen LogP contribution in [0.4, 0.5) is 11.4 Å². The highest BCUT2D eigenvalue weighted by Gasteiger charge is 2.17. The number of nitrogens with zero attached hydrogens (tertiary/aromatic N) is 2. The molecule has 0 atom stereocenters. The molecular weight excluding hydrogens is 550 g/mol. The zero-order valence-corrected chi connectivity index (χ0v) is 22.1. The molecule has 0 aliphatic rings. The highest BCUT2D eigenvalue weighted by molar-refractivity contribution is 9.10. The largest absolute Gasteiger partial charge is 0.493 e. The van der Waals surface area contributed by atoms with Crippen LogP contribution < -0.4 is 14.8 Å². The van der Waals surface area contributed by atoms with Gasteiger partial charge in [-0.15, -0.1) is 0 Å². The van der Waals surface area contributed by atoms with Crippen LogP contribution in [0.3, 0.4) is 0 Å². The summed E-state index contributed by atoms with van der Waals surface area (Å²) < 4.78 is 12.2. The van der Waals surface area contributed by atoms with Gasteiger partial charge in [0.15, 0.2) is 11.5 Å². The molecule has 0 spiro atoms. The van der Waals surface area contributed by atoms with Gasteiger partial charge in [0.1, 0.15) is 18.2 Å². The first-order valence-corrected chi connectivity index (χ1v) is 12.2. The fourth-order valence-electron chi connectivity index (χ4n) is 3.89. The Hall–Kier alpha value is -4.68. The number of nitro benzene ring substituents is 1. The van der Waals surface area contributed by atoms with Crippen molar-refractivity contribution in [2.75, 3.05) is 12.4 Å². The number of methoxy groups -OCH3 is 1. The Morgan fingerprint density at radius 2 is 1.89 bits per heavy atom. The van der Waals surface area contributed by atoms with Crippen LogP contribution in [-0.2, 0) is 11.4 Å². The van der Waals surface area contributed by atoms with Crippen molar-refractivity contribution in [1.29, 1.82) is 5.26 Å². The number of anilines is 1. The number of non-ortho nitro benzene ring substituents is 1. The van der Waals surface area contributed by atoms with Crippen LogP contribution in [0.5, 0.6) is 11.5 Å². The summed E-state index contributed by atoms with van der Waals surface area (Å²) in [6.45, 7) is 2.01. The number of rotatable bonds is 8. The number of halogens is 1. The molecule has 4 rings (SSSR count). The van der Waals surface area contributed by atoms with Crippen LogP contribution in [0.25, 0.3) is 16.8 Å². The van der Waals surface area contributed by atoms with Gasteiger partial charge in [0, 0.05) is 12.1 Å². The molecule has 0 saturated carbocycles. The first-order valence-electron chi connectivity index (χ1n) is 11.5. The summed E-state index contributed by atoms with van der Waals surface area (Å²) in [4.78, 5) is 23.4. The molecule has 0 aromatic heterocycles. The van der Waals surface area contributed by atoms with Gasteiger partial charge in [-0.3, -0.25) is 14.9 Å². The van der Waals surface area contributed by atoms with E-state index in [0.717, 1.165) is 16.3 Å². The fraction of sp³-hybridized carbons (Fsp3) is 0.103. The summed E-state index contributed by atoms with van der Waals surface area (Å²) >= 11 is 3.51. The number of carbonyl (C=O) groups excluding carboxylic acids is 1. The zero-order valence-electron chi connectivity index (χ0n) is 20.5. The van der Waals surface area contributed by atoms with E-state index in [1.807, 2.05) is 48.5 Å². The number of amides is 1. The van der Waals surface area contributed by atoms with E-state index in [1.54, 1.807) is 19.1 Å². The van der Waals surface area contributed by atoms with Crippen molar-refractivity contribution in [2.45, 2.75) is 13.5 Å². The van der Waals surface area contributed by atoms with Gasteiger partial charge >= 0.3 is 0 Å². The highest BCUT2D eigenvalue weighted by Crippen LogP contribution is 2.38. The number of hydrogen-bond acceptors (Lipinski definition) is 6. The van der Waals surface area contributed by atoms with E-state index in [-0.39, 0.29) is 16.9 Å². The second-order valence-corrected chi connectivity index (χ2v) is 9.20. The van der Waals surface area contributed by atoms with Crippen molar-refractivity contribution in [1.82, 2.24) is 0 Å². The minimum atomic E-state index is -0.692. The van der Waals surface area contributed by atoms with Crippen LogP contribution >= 0.6 is 15.9 Å². The summed E-state index contributed by atoms with van der Waals surface area (Å²) in [5.74, 6) is 0.202. The van der Waals surface area contributed by atoms with Crippen molar-refractivity contribution in [3.8, 4) is 17.6 Å². The van der Waals surface area contributed by atoms with E-state index < -0.39 is 10.8 Å². The van der Waals surface area contributed by atoms with Crippen molar-refractivity contribution in [3.63, 3.8) is 0 Å². The van der Waals surface area contributed by atoms with Gasteiger partial charge in [-0.25, -0.2) is 0 Å². The van der Waals surface area contributed by atoms with Crippen LogP contribution in [-0.4, -0.2) is 17.9 Å². The second-order valence-electron chi connectivity index (χ2n) is 8.34. The number of nitro groups is 1. The van der Waals surface area contributed by atoms with E-state index in [4.69, 9.17) is 9.47 Å². The number of carbonyl (C=O) groups is 1. The minimum absolute atomic E-state index is 0.166. The van der Waals surface area contributed by atoms with Crippen molar-refractivity contribution in [3.05, 3.63) is 110 Å². The molecule has 8 nitrogen and oxygen atoms in total. The first-order chi connectivity index (χ1) is 18.3. The molecule has 38 heavy (non-hydrogen) atoms. The van der Waals surface area contributed by atoms with Gasteiger partial charge < -0.3 is 14.8 Å². The molecule has 9 heteroatoms. The highest BCUT2D eigenvalue weighted by atomic mass is 79.9. The smallest absolute Gasteiger partial charge is 0.271 e. The maximum absolute atomic E-state index is 12.8. The lowest BCUT2D eigenvalue weighted by atomic mass is 10.1. The van der Waals surface area contributed by atoms with Crippen LogP contribution in [0.2, 0.25) is 0 Å². The number of ether oxygens (including phenoxy) is 2. The molecule has 190 valence electrons. The normalized spacial score (nSPS) is 11.1. The molecule has 0 aliphatic heterocycles. The number of nitrogens with one attached hydrogen (secondary N) is 1. The summed E-state index contributed by atoms with van der Waals surface area (Å²) in [7, 11) is 1.50. The Morgan fingerprint density at radius 3 is 2.63 bits per heavy atom.